The van der Waals surface area contributed by atoms with E-state index in [1.54, 1.807) is 31.2 Å². The van der Waals surface area contributed by atoms with Crippen LogP contribution >= 0.6 is 0 Å². The summed E-state index contributed by atoms with van der Waals surface area (Å²) in [5, 5.41) is 2.63. The van der Waals surface area contributed by atoms with Crippen molar-refractivity contribution in [3.8, 4) is 0 Å². The molecule has 0 saturated carbocycles. The Morgan fingerprint density at radius 1 is 1.50 bits per heavy atom. The van der Waals surface area contributed by atoms with Crippen molar-refractivity contribution in [2.45, 2.75) is 19.4 Å². The molecule has 0 aliphatic carbocycles. The summed E-state index contributed by atoms with van der Waals surface area (Å²) in [5.74, 6) is -0.344. The Bertz CT molecular complexity index is 412. The van der Waals surface area contributed by atoms with Crippen LogP contribution in [0.5, 0.6) is 0 Å². The highest BCUT2D eigenvalue weighted by Gasteiger charge is 2.20. The second kappa shape index (κ2) is 6.30. The third-order valence-electron chi connectivity index (χ3n) is 2.62. The van der Waals surface area contributed by atoms with Gasteiger partial charge < -0.3 is 11.1 Å². The van der Waals surface area contributed by atoms with Crippen molar-refractivity contribution in [2.24, 2.45) is 0 Å². The van der Waals surface area contributed by atoms with Crippen LogP contribution in [0.25, 0.3) is 0 Å². The standard InChI is InChI=1S/C12H17F2N3O/c1-8(17(2)7-11(13)14)12(18)16-10-5-3-4-9(15)6-10/h3-6,8,11H,7,15H2,1-2H3,(H,16,18). The maximum atomic E-state index is 12.2. The van der Waals surface area contributed by atoms with Crippen molar-refractivity contribution in [1.82, 2.24) is 4.90 Å². The number of carbonyl (C=O) groups is 1. The van der Waals surface area contributed by atoms with Gasteiger partial charge >= 0.3 is 0 Å². The molecule has 100 valence electrons. The third kappa shape index (κ3) is 4.29. The lowest BCUT2D eigenvalue weighted by atomic mass is 10.2. The van der Waals surface area contributed by atoms with Crippen LogP contribution in [0.2, 0.25) is 0 Å². The molecule has 1 unspecified atom stereocenters. The van der Waals surface area contributed by atoms with Crippen LogP contribution in [0.15, 0.2) is 24.3 Å². The number of amides is 1. The van der Waals surface area contributed by atoms with Gasteiger partial charge in [0.2, 0.25) is 5.91 Å². The number of likely N-dealkylation sites (N-methyl/N-ethyl adjacent to an activating group) is 1. The van der Waals surface area contributed by atoms with Crippen molar-refractivity contribution in [1.29, 1.82) is 0 Å². The van der Waals surface area contributed by atoms with E-state index < -0.39 is 19.0 Å². The van der Waals surface area contributed by atoms with Crippen LogP contribution in [0.3, 0.4) is 0 Å². The average molecular weight is 257 g/mol. The van der Waals surface area contributed by atoms with E-state index in [9.17, 15) is 13.6 Å². The number of nitrogens with one attached hydrogen (secondary N) is 1. The van der Waals surface area contributed by atoms with Crippen LogP contribution < -0.4 is 11.1 Å². The quantitative estimate of drug-likeness (QED) is 0.791. The molecular weight excluding hydrogens is 240 g/mol. The first-order chi connectivity index (χ1) is 8.40. The number of benzene rings is 1. The zero-order chi connectivity index (χ0) is 13.7. The molecule has 4 nitrogen and oxygen atoms in total. The second-order valence-electron chi connectivity index (χ2n) is 4.12. The van der Waals surface area contributed by atoms with Crippen molar-refractivity contribution >= 4 is 17.3 Å². The topological polar surface area (TPSA) is 58.4 Å². The molecule has 3 N–H and O–H groups in total. The predicted molar refractivity (Wildman–Crippen MR) is 67.6 cm³/mol. The first-order valence-corrected chi connectivity index (χ1v) is 5.55. The molecular formula is C12H17F2N3O. The number of rotatable bonds is 5. The molecule has 0 spiro atoms. The molecule has 1 aromatic carbocycles. The fraction of sp³-hybridized carbons (Fsp3) is 0.417. The van der Waals surface area contributed by atoms with Gasteiger partial charge in [0.25, 0.3) is 6.43 Å². The highest BCUT2D eigenvalue weighted by Crippen LogP contribution is 2.13. The monoisotopic (exact) mass is 257 g/mol. The Kier molecular flexibility index (Phi) is 5.03. The molecule has 0 fully saturated rings. The Morgan fingerprint density at radius 2 is 2.17 bits per heavy atom. The molecule has 6 heteroatoms. The zero-order valence-corrected chi connectivity index (χ0v) is 10.4. The minimum Gasteiger partial charge on any atom is -0.399 e. The van der Waals surface area contributed by atoms with E-state index in [1.165, 1.54) is 11.9 Å². The highest BCUT2D eigenvalue weighted by molar-refractivity contribution is 5.94. The first-order valence-electron chi connectivity index (χ1n) is 5.55. The number of nitrogens with two attached hydrogens (primary N) is 1. The van der Waals surface area contributed by atoms with Crippen molar-refractivity contribution in [2.75, 3.05) is 24.6 Å². The molecule has 1 aromatic rings. The van der Waals surface area contributed by atoms with Crippen LogP contribution in [0.4, 0.5) is 20.2 Å². The Balaban J connectivity index is 2.59. The summed E-state index contributed by atoms with van der Waals surface area (Å²) in [5.41, 5.74) is 6.66. The van der Waals surface area contributed by atoms with Gasteiger partial charge in [0.05, 0.1) is 12.6 Å². The summed E-state index contributed by atoms with van der Waals surface area (Å²) in [6.45, 7) is 1.13. The smallest absolute Gasteiger partial charge is 0.251 e. The van der Waals surface area contributed by atoms with E-state index in [0.29, 0.717) is 11.4 Å². The molecule has 0 bridgehead atoms. The van der Waals surface area contributed by atoms with Gasteiger partial charge in [-0.15, -0.1) is 0 Å². The minimum absolute atomic E-state index is 0.344. The molecule has 0 heterocycles. The summed E-state index contributed by atoms with van der Waals surface area (Å²) >= 11 is 0. The lowest BCUT2D eigenvalue weighted by Gasteiger charge is -2.23. The molecule has 1 amide bonds. The van der Waals surface area contributed by atoms with Gasteiger partial charge in [0.1, 0.15) is 0 Å². The summed E-state index contributed by atoms with van der Waals surface area (Å²) < 4.78 is 24.4. The number of nitrogen functional groups attached to an aromatic ring is 1. The maximum absolute atomic E-state index is 12.2. The predicted octanol–water partition coefficient (Wildman–Crippen LogP) is 1.79. The Hall–Kier alpha value is -1.69. The van der Waals surface area contributed by atoms with Gasteiger partial charge in [0.15, 0.2) is 0 Å². The van der Waals surface area contributed by atoms with E-state index in [1.807, 2.05) is 0 Å². The maximum Gasteiger partial charge on any atom is 0.251 e. The molecule has 0 aliphatic heterocycles. The van der Waals surface area contributed by atoms with Crippen molar-refractivity contribution < 1.29 is 13.6 Å². The fourth-order valence-electron chi connectivity index (χ4n) is 1.44. The lowest BCUT2D eigenvalue weighted by Crippen LogP contribution is -2.41. The highest BCUT2D eigenvalue weighted by atomic mass is 19.3. The number of hydrogen-bond donors (Lipinski definition) is 2. The first kappa shape index (κ1) is 14.4. The molecule has 1 atom stereocenters. The summed E-state index contributed by atoms with van der Waals surface area (Å²) in [6.07, 6.45) is -2.46. The molecule has 0 aromatic heterocycles. The van der Waals surface area contributed by atoms with Crippen LogP contribution in [-0.4, -0.2) is 36.9 Å². The third-order valence-corrected chi connectivity index (χ3v) is 2.62. The van der Waals surface area contributed by atoms with Crippen molar-refractivity contribution in [3.63, 3.8) is 0 Å². The number of halogens is 2. The van der Waals surface area contributed by atoms with E-state index >= 15 is 0 Å². The van der Waals surface area contributed by atoms with E-state index in [2.05, 4.69) is 5.32 Å². The Morgan fingerprint density at radius 3 is 2.72 bits per heavy atom. The van der Waals surface area contributed by atoms with Crippen molar-refractivity contribution in [3.05, 3.63) is 24.3 Å². The molecule has 0 saturated heterocycles. The number of anilines is 2. The summed E-state index contributed by atoms with van der Waals surface area (Å²) in [7, 11) is 1.48. The summed E-state index contributed by atoms with van der Waals surface area (Å²) in [4.78, 5) is 13.1. The van der Waals surface area contributed by atoms with E-state index in [0.717, 1.165) is 0 Å². The van der Waals surface area contributed by atoms with Gasteiger partial charge in [-0.2, -0.15) is 0 Å². The Labute approximate surface area is 105 Å². The number of hydrogen-bond acceptors (Lipinski definition) is 3. The largest absolute Gasteiger partial charge is 0.399 e. The lowest BCUT2D eigenvalue weighted by molar-refractivity contribution is -0.120. The number of nitrogens with zero attached hydrogens (tertiary/aromatic N) is 1. The number of alkyl halides is 2. The average Bonchev–Trinajstić information content (AvgIpc) is 2.27. The SMILES string of the molecule is CC(C(=O)Nc1cccc(N)c1)N(C)CC(F)F. The zero-order valence-electron chi connectivity index (χ0n) is 10.4. The fourth-order valence-corrected chi connectivity index (χ4v) is 1.44. The van der Waals surface area contributed by atoms with E-state index in [-0.39, 0.29) is 5.91 Å². The molecule has 1 rings (SSSR count). The molecule has 18 heavy (non-hydrogen) atoms. The van der Waals surface area contributed by atoms with Gasteiger partial charge in [-0.25, -0.2) is 8.78 Å². The van der Waals surface area contributed by atoms with Gasteiger partial charge in [-0.3, -0.25) is 9.69 Å². The van der Waals surface area contributed by atoms with Gasteiger partial charge in [0, 0.05) is 11.4 Å². The summed E-state index contributed by atoms with van der Waals surface area (Å²) in [6, 6.07) is 6.06. The normalized spacial score (nSPS) is 12.8. The van der Waals surface area contributed by atoms with Gasteiger partial charge in [-0.05, 0) is 32.2 Å². The molecule has 0 aliphatic rings. The van der Waals surface area contributed by atoms with Crippen LogP contribution in [0, 0.1) is 0 Å². The van der Waals surface area contributed by atoms with Crippen LogP contribution in [-0.2, 0) is 4.79 Å². The number of carbonyl (C=O) groups excluding carboxylic acids is 1. The van der Waals surface area contributed by atoms with E-state index in [4.69, 9.17) is 5.73 Å². The minimum atomic E-state index is -2.46. The van der Waals surface area contributed by atoms with Crippen LogP contribution in [0.1, 0.15) is 6.92 Å². The van der Waals surface area contributed by atoms with Gasteiger partial charge in [-0.1, -0.05) is 6.07 Å². The second-order valence-corrected chi connectivity index (χ2v) is 4.12. The molecule has 0 radical (unpaired) electrons.